The number of amides is 1. The average molecular weight is 355 g/mol. The van der Waals surface area contributed by atoms with Gasteiger partial charge in [-0.15, -0.1) is 0 Å². The number of hydrogen-bond acceptors (Lipinski definition) is 4. The number of nitrogen functional groups attached to an aromatic ring is 1. The molecule has 2 aromatic rings. The molecule has 2 rings (SSSR count). The van der Waals surface area contributed by atoms with E-state index in [1.165, 1.54) is 6.20 Å². The van der Waals surface area contributed by atoms with Crippen LogP contribution in [0, 0.1) is 18.3 Å². The van der Waals surface area contributed by atoms with Crippen molar-refractivity contribution >= 4 is 34.6 Å². The number of nitrogens with zero attached hydrogens (tertiary/aromatic N) is 1. The van der Waals surface area contributed by atoms with Crippen molar-refractivity contribution in [3.05, 3.63) is 64.3 Å². The van der Waals surface area contributed by atoms with Crippen LogP contribution in [-0.4, -0.2) is 5.91 Å². The van der Waals surface area contributed by atoms with Crippen LogP contribution in [0.4, 0.5) is 17.1 Å². The topological polar surface area (TPSA) is 90.9 Å². The number of benzene rings is 2. The van der Waals surface area contributed by atoms with E-state index >= 15 is 0 Å². The van der Waals surface area contributed by atoms with Crippen molar-refractivity contribution in [1.29, 1.82) is 5.26 Å². The van der Waals surface area contributed by atoms with E-state index < -0.39 is 5.91 Å². The first-order chi connectivity index (χ1) is 12.0. The third kappa shape index (κ3) is 4.52. The molecule has 0 saturated heterocycles. The first kappa shape index (κ1) is 18.4. The molecule has 0 bridgehead atoms. The fraction of sp³-hybridized carbons (Fsp3) is 0.158. The van der Waals surface area contributed by atoms with Crippen LogP contribution in [0.1, 0.15) is 18.1 Å². The van der Waals surface area contributed by atoms with Gasteiger partial charge in [0.05, 0.1) is 10.7 Å². The highest BCUT2D eigenvalue weighted by Crippen LogP contribution is 2.23. The molecule has 128 valence electrons. The number of hydrogen-bond donors (Lipinski definition) is 3. The second-order valence-electron chi connectivity index (χ2n) is 5.47. The maximum absolute atomic E-state index is 12.4. The molecule has 0 unspecified atom stereocenters. The lowest BCUT2D eigenvalue weighted by Gasteiger charge is -2.12. The zero-order valence-corrected chi connectivity index (χ0v) is 14.8. The quantitative estimate of drug-likeness (QED) is 0.425. The Morgan fingerprint density at radius 3 is 2.76 bits per heavy atom. The summed E-state index contributed by atoms with van der Waals surface area (Å²) in [5.41, 5.74) is 9.41. The number of nitriles is 1. The van der Waals surface area contributed by atoms with Crippen molar-refractivity contribution < 1.29 is 4.79 Å². The molecule has 0 aliphatic heterocycles. The fourth-order valence-electron chi connectivity index (χ4n) is 2.30. The number of nitrogens with one attached hydrogen (secondary N) is 2. The van der Waals surface area contributed by atoms with Gasteiger partial charge in [-0.05, 0) is 42.7 Å². The van der Waals surface area contributed by atoms with Crippen molar-refractivity contribution in [2.75, 3.05) is 16.4 Å². The number of carbonyl (C=O) groups is 1. The van der Waals surface area contributed by atoms with E-state index in [1.807, 2.05) is 38.1 Å². The Hall–Kier alpha value is -2.97. The fourth-order valence-corrected chi connectivity index (χ4v) is 2.48. The van der Waals surface area contributed by atoms with Gasteiger partial charge in [-0.25, -0.2) is 0 Å². The molecule has 0 fully saturated rings. The van der Waals surface area contributed by atoms with Crippen molar-refractivity contribution in [3.8, 4) is 6.07 Å². The van der Waals surface area contributed by atoms with Crippen LogP contribution in [-0.2, 0) is 11.2 Å². The van der Waals surface area contributed by atoms with E-state index in [0.717, 1.165) is 23.2 Å². The van der Waals surface area contributed by atoms with Crippen LogP contribution in [0.3, 0.4) is 0 Å². The summed E-state index contributed by atoms with van der Waals surface area (Å²) in [5, 5.41) is 15.4. The molecule has 1 amide bonds. The number of halogens is 1. The van der Waals surface area contributed by atoms with E-state index in [0.29, 0.717) is 16.4 Å². The number of aryl methyl sites for hydroxylation is 2. The predicted molar refractivity (Wildman–Crippen MR) is 102 cm³/mol. The molecule has 0 aromatic heterocycles. The van der Waals surface area contributed by atoms with E-state index in [9.17, 15) is 10.1 Å². The summed E-state index contributed by atoms with van der Waals surface area (Å²) in [4.78, 5) is 12.4. The second-order valence-corrected chi connectivity index (χ2v) is 5.87. The van der Waals surface area contributed by atoms with Crippen LogP contribution in [0.25, 0.3) is 0 Å². The maximum Gasteiger partial charge on any atom is 0.267 e. The zero-order valence-electron chi connectivity index (χ0n) is 14.1. The average Bonchev–Trinajstić information content (AvgIpc) is 2.60. The lowest BCUT2D eigenvalue weighted by Crippen LogP contribution is -2.16. The molecular weight excluding hydrogens is 336 g/mol. The first-order valence-corrected chi connectivity index (χ1v) is 8.15. The van der Waals surface area contributed by atoms with Gasteiger partial charge in [0, 0.05) is 17.6 Å². The molecule has 0 spiro atoms. The molecule has 5 nitrogen and oxygen atoms in total. The molecule has 0 aliphatic carbocycles. The number of para-hydroxylation sites is 1. The normalized spacial score (nSPS) is 10.9. The van der Waals surface area contributed by atoms with Gasteiger partial charge in [0.25, 0.3) is 5.91 Å². The highest BCUT2D eigenvalue weighted by atomic mass is 35.5. The minimum atomic E-state index is -0.472. The first-order valence-electron chi connectivity index (χ1n) is 7.78. The van der Waals surface area contributed by atoms with Crippen LogP contribution in [0.15, 0.2) is 48.2 Å². The second kappa shape index (κ2) is 8.22. The van der Waals surface area contributed by atoms with E-state index in [1.54, 1.807) is 18.2 Å². The summed E-state index contributed by atoms with van der Waals surface area (Å²) in [7, 11) is 0. The lowest BCUT2D eigenvalue weighted by atomic mass is 10.1. The minimum absolute atomic E-state index is 0.0433. The third-order valence-electron chi connectivity index (χ3n) is 3.73. The van der Waals surface area contributed by atoms with E-state index in [-0.39, 0.29) is 5.57 Å². The molecule has 4 N–H and O–H groups in total. The number of nitrogens with two attached hydrogens (primary N) is 1. The van der Waals surface area contributed by atoms with Gasteiger partial charge in [0.1, 0.15) is 11.6 Å². The number of anilines is 3. The Balaban J connectivity index is 2.19. The molecule has 2 aromatic carbocycles. The molecule has 6 heteroatoms. The van der Waals surface area contributed by atoms with Gasteiger partial charge < -0.3 is 16.4 Å². The lowest BCUT2D eigenvalue weighted by molar-refractivity contribution is -0.112. The Bertz CT molecular complexity index is 868. The van der Waals surface area contributed by atoms with Crippen molar-refractivity contribution in [2.24, 2.45) is 0 Å². The van der Waals surface area contributed by atoms with Crippen molar-refractivity contribution in [2.45, 2.75) is 20.3 Å². The van der Waals surface area contributed by atoms with E-state index in [4.69, 9.17) is 17.3 Å². The Kier molecular flexibility index (Phi) is 6.04. The predicted octanol–water partition coefficient (Wildman–Crippen LogP) is 4.25. The van der Waals surface area contributed by atoms with Gasteiger partial charge in [0.15, 0.2) is 0 Å². The van der Waals surface area contributed by atoms with Crippen molar-refractivity contribution in [3.63, 3.8) is 0 Å². The standard InChI is InChI=1S/C19H19ClN4O/c1-3-13-6-4-5-12(2)18(13)24-19(25)14(10-21)11-23-15-7-8-17(22)16(20)9-15/h4-9,11,23H,3,22H2,1-2H3,(H,24,25)/b14-11-. The molecule has 25 heavy (non-hydrogen) atoms. The molecule has 0 heterocycles. The zero-order chi connectivity index (χ0) is 18.4. The smallest absolute Gasteiger partial charge is 0.267 e. The summed E-state index contributed by atoms with van der Waals surface area (Å²) in [5.74, 6) is -0.472. The van der Waals surface area contributed by atoms with Gasteiger partial charge in [0.2, 0.25) is 0 Å². The molecule has 0 atom stereocenters. The molecule has 0 radical (unpaired) electrons. The van der Waals surface area contributed by atoms with E-state index in [2.05, 4.69) is 10.6 Å². The third-order valence-corrected chi connectivity index (χ3v) is 4.05. The SMILES string of the molecule is CCc1cccc(C)c1NC(=O)/C(C#N)=C\Nc1ccc(N)c(Cl)c1. The summed E-state index contributed by atoms with van der Waals surface area (Å²) < 4.78 is 0. The van der Waals surface area contributed by atoms with Crippen LogP contribution >= 0.6 is 11.6 Å². The Morgan fingerprint density at radius 1 is 1.36 bits per heavy atom. The van der Waals surface area contributed by atoms with Gasteiger partial charge >= 0.3 is 0 Å². The van der Waals surface area contributed by atoms with Gasteiger partial charge in [-0.3, -0.25) is 4.79 Å². The highest BCUT2D eigenvalue weighted by molar-refractivity contribution is 6.33. The largest absolute Gasteiger partial charge is 0.398 e. The molecule has 0 aliphatic rings. The van der Waals surface area contributed by atoms with Crippen molar-refractivity contribution in [1.82, 2.24) is 0 Å². The minimum Gasteiger partial charge on any atom is -0.398 e. The number of rotatable bonds is 5. The summed E-state index contributed by atoms with van der Waals surface area (Å²) in [6.45, 7) is 3.93. The molecular formula is C19H19ClN4O. The van der Waals surface area contributed by atoms with Crippen LogP contribution in [0.2, 0.25) is 5.02 Å². The summed E-state index contributed by atoms with van der Waals surface area (Å²) in [6, 6.07) is 12.7. The van der Waals surface area contributed by atoms with Crippen LogP contribution < -0.4 is 16.4 Å². The monoisotopic (exact) mass is 354 g/mol. The molecule has 0 saturated carbocycles. The summed E-state index contributed by atoms with van der Waals surface area (Å²) >= 11 is 5.95. The number of carbonyl (C=O) groups excluding carboxylic acids is 1. The van der Waals surface area contributed by atoms with Crippen LogP contribution in [0.5, 0.6) is 0 Å². The van der Waals surface area contributed by atoms with Gasteiger partial charge in [-0.2, -0.15) is 5.26 Å². The maximum atomic E-state index is 12.4. The highest BCUT2D eigenvalue weighted by Gasteiger charge is 2.13. The van der Waals surface area contributed by atoms with Gasteiger partial charge in [-0.1, -0.05) is 36.7 Å². The Labute approximate surface area is 152 Å². The Morgan fingerprint density at radius 2 is 2.12 bits per heavy atom. The summed E-state index contributed by atoms with van der Waals surface area (Å²) in [6.07, 6.45) is 2.13.